The maximum absolute atomic E-state index is 14.5. The number of nitrogens with zero attached hydrogens (tertiary/aromatic N) is 3. The molecular formula is C21H24F5N3O2. The summed E-state index contributed by atoms with van der Waals surface area (Å²) < 4.78 is 69.1. The summed E-state index contributed by atoms with van der Waals surface area (Å²) in [4.78, 5) is 17.4. The van der Waals surface area contributed by atoms with Crippen molar-refractivity contribution in [2.24, 2.45) is 0 Å². The van der Waals surface area contributed by atoms with Crippen LogP contribution in [0, 0.1) is 11.6 Å². The molecule has 1 aromatic heterocycles. The van der Waals surface area contributed by atoms with E-state index in [-0.39, 0.29) is 36.5 Å². The highest BCUT2D eigenvalue weighted by molar-refractivity contribution is 5.66. The van der Waals surface area contributed by atoms with E-state index in [9.17, 15) is 31.9 Å². The van der Waals surface area contributed by atoms with Crippen LogP contribution < -0.4 is 0 Å². The number of carboxylic acid groups (broad SMARTS) is 1. The molecule has 5 nitrogen and oxygen atoms in total. The van der Waals surface area contributed by atoms with E-state index < -0.39 is 47.8 Å². The Kier molecular flexibility index (Phi) is 6.03. The molecule has 2 atom stereocenters. The van der Waals surface area contributed by atoms with Gasteiger partial charge < -0.3 is 9.67 Å². The largest absolute Gasteiger partial charge is 0.465 e. The monoisotopic (exact) mass is 445 g/mol. The van der Waals surface area contributed by atoms with Crippen LogP contribution in [0.5, 0.6) is 0 Å². The quantitative estimate of drug-likeness (QED) is 0.620. The second kappa shape index (κ2) is 8.12. The first-order valence-electron chi connectivity index (χ1n) is 9.87. The predicted molar refractivity (Wildman–Crippen MR) is 103 cm³/mol. The van der Waals surface area contributed by atoms with Crippen LogP contribution in [0.1, 0.15) is 62.7 Å². The molecule has 0 radical (unpaired) electrons. The van der Waals surface area contributed by atoms with Crippen molar-refractivity contribution in [1.29, 1.82) is 0 Å². The molecule has 0 unspecified atom stereocenters. The van der Waals surface area contributed by atoms with Crippen molar-refractivity contribution in [3.05, 3.63) is 53.1 Å². The molecule has 0 saturated heterocycles. The molecule has 0 bridgehead atoms. The van der Waals surface area contributed by atoms with E-state index in [4.69, 9.17) is 0 Å². The van der Waals surface area contributed by atoms with Crippen LogP contribution in [0.4, 0.5) is 26.7 Å². The number of benzene rings is 1. The Morgan fingerprint density at radius 1 is 1.23 bits per heavy atom. The minimum atomic E-state index is -4.51. The number of hydrogen-bond acceptors (Lipinski definition) is 2. The molecular weight excluding hydrogens is 421 g/mol. The highest BCUT2D eigenvalue weighted by Gasteiger charge is 2.40. The lowest BCUT2D eigenvalue weighted by Gasteiger charge is -2.39. The van der Waals surface area contributed by atoms with Gasteiger partial charge in [0.1, 0.15) is 5.82 Å². The molecule has 10 heteroatoms. The van der Waals surface area contributed by atoms with Crippen molar-refractivity contribution in [2.75, 3.05) is 0 Å². The number of alkyl halides is 3. The molecule has 31 heavy (non-hydrogen) atoms. The molecule has 1 aliphatic rings. The van der Waals surface area contributed by atoms with E-state index in [1.54, 1.807) is 20.8 Å². The summed E-state index contributed by atoms with van der Waals surface area (Å²) in [5.41, 5.74) is -0.951. The first-order chi connectivity index (χ1) is 14.3. The lowest BCUT2D eigenvalue weighted by molar-refractivity contribution is -0.128. The molecule has 1 aromatic carbocycles. The Hall–Kier alpha value is -2.65. The van der Waals surface area contributed by atoms with Gasteiger partial charge in [0.2, 0.25) is 0 Å². The van der Waals surface area contributed by atoms with Gasteiger partial charge in [-0.15, -0.1) is 0 Å². The standard InChI is InChI=1S/C21H24F5N3O2/c1-20(2,3)29(19(30)31)16-8-7-12(14-5-4-6-15(22)17(14)23)11-28-13(9-21(24,25)26)10-27-18(16)28/h4-6,10,12,16H,7-9,11H2,1-3H3,(H,30,31)/t12-,16-/m1/s1. The average Bonchev–Trinajstić information content (AvgIpc) is 2.88. The van der Waals surface area contributed by atoms with Gasteiger partial charge in [-0.3, -0.25) is 4.90 Å². The topological polar surface area (TPSA) is 58.4 Å². The number of halogens is 5. The Morgan fingerprint density at radius 3 is 2.48 bits per heavy atom. The van der Waals surface area contributed by atoms with Crippen LogP contribution in [0.15, 0.2) is 24.4 Å². The minimum absolute atomic E-state index is 0.0518. The van der Waals surface area contributed by atoms with E-state index in [1.807, 2.05) is 0 Å². The number of hydrogen-bond donors (Lipinski definition) is 1. The second-order valence-electron chi connectivity index (χ2n) is 8.77. The van der Waals surface area contributed by atoms with Crippen molar-refractivity contribution < 1.29 is 31.9 Å². The molecule has 0 spiro atoms. The lowest BCUT2D eigenvalue weighted by Crippen LogP contribution is -2.47. The first-order valence-corrected chi connectivity index (χ1v) is 9.87. The fourth-order valence-corrected chi connectivity index (χ4v) is 4.27. The number of amides is 1. The average molecular weight is 445 g/mol. The fourth-order valence-electron chi connectivity index (χ4n) is 4.27. The molecule has 2 heterocycles. The minimum Gasteiger partial charge on any atom is -0.465 e. The Balaban J connectivity index is 2.12. The second-order valence-corrected chi connectivity index (χ2v) is 8.77. The maximum Gasteiger partial charge on any atom is 0.408 e. The highest BCUT2D eigenvalue weighted by atomic mass is 19.4. The zero-order valence-corrected chi connectivity index (χ0v) is 17.4. The van der Waals surface area contributed by atoms with E-state index in [1.165, 1.54) is 16.7 Å². The molecule has 0 fully saturated rings. The fraction of sp³-hybridized carbons (Fsp3) is 0.524. The molecule has 1 N–H and O–H groups in total. The highest BCUT2D eigenvalue weighted by Crippen LogP contribution is 2.40. The van der Waals surface area contributed by atoms with Crippen molar-refractivity contribution >= 4 is 6.09 Å². The predicted octanol–water partition coefficient (Wildman–Crippen LogP) is 5.66. The van der Waals surface area contributed by atoms with Crippen LogP contribution in [0.2, 0.25) is 0 Å². The number of aromatic nitrogens is 2. The van der Waals surface area contributed by atoms with Crippen molar-refractivity contribution in [1.82, 2.24) is 14.5 Å². The van der Waals surface area contributed by atoms with Gasteiger partial charge >= 0.3 is 12.3 Å². The Bertz CT molecular complexity index is 965. The summed E-state index contributed by atoms with van der Waals surface area (Å²) in [6.45, 7) is 4.98. The molecule has 1 amide bonds. The zero-order valence-electron chi connectivity index (χ0n) is 17.4. The molecule has 0 aliphatic carbocycles. The maximum atomic E-state index is 14.5. The normalized spacial score (nSPS) is 19.6. The smallest absolute Gasteiger partial charge is 0.408 e. The van der Waals surface area contributed by atoms with Crippen LogP contribution in [-0.4, -0.2) is 37.4 Å². The summed E-state index contributed by atoms with van der Waals surface area (Å²) in [5.74, 6) is -2.55. The van der Waals surface area contributed by atoms with Gasteiger partial charge in [0.25, 0.3) is 0 Å². The summed E-state index contributed by atoms with van der Waals surface area (Å²) in [7, 11) is 0. The van der Waals surface area contributed by atoms with Crippen LogP contribution in [-0.2, 0) is 13.0 Å². The van der Waals surface area contributed by atoms with Crippen molar-refractivity contribution in [3.63, 3.8) is 0 Å². The summed E-state index contributed by atoms with van der Waals surface area (Å²) >= 11 is 0. The van der Waals surface area contributed by atoms with E-state index in [2.05, 4.69) is 4.98 Å². The SMILES string of the molecule is CC(C)(C)N(C(=O)O)[C@@H]1CC[C@@H](c2cccc(F)c2F)Cn2c(CC(F)(F)F)cnc21. The molecule has 0 saturated carbocycles. The van der Waals surface area contributed by atoms with Gasteiger partial charge in [-0.25, -0.2) is 18.6 Å². The third-order valence-corrected chi connectivity index (χ3v) is 5.50. The van der Waals surface area contributed by atoms with Gasteiger partial charge in [-0.05, 0) is 45.2 Å². The van der Waals surface area contributed by atoms with Crippen molar-refractivity contribution in [3.8, 4) is 0 Å². The number of carbonyl (C=O) groups is 1. The van der Waals surface area contributed by atoms with Gasteiger partial charge in [0, 0.05) is 29.9 Å². The van der Waals surface area contributed by atoms with E-state index in [0.717, 1.165) is 17.2 Å². The summed E-state index contributed by atoms with van der Waals surface area (Å²) in [5, 5.41) is 9.83. The van der Waals surface area contributed by atoms with Crippen LogP contribution in [0.25, 0.3) is 0 Å². The van der Waals surface area contributed by atoms with Crippen LogP contribution >= 0.6 is 0 Å². The van der Waals surface area contributed by atoms with E-state index in [0.29, 0.717) is 0 Å². The third kappa shape index (κ3) is 4.83. The summed E-state index contributed by atoms with van der Waals surface area (Å²) in [6.07, 6.45) is -5.46. The first kappa shape index (κ1) is 23.0. The summed E-state index contributed by atoms with van der Waals surface area (Å²) in [6, 6.07) is 2.89. The zero-order chi connectivity index (χ0) is 23.1. The number of fused-ring (bicyclic) bond motifs is 1. The molecule has 2 aromatic rings. The van der Waals surface area contributed by atoms with Crippen LogP contribution in [0.3, 0.4) is 0 Å². The molecule has 3 rings (SSSR count). The van der Waals surface area contributed by atoms with Gasteiger partial charge in [0.05, 0.1) is 12.5 Å². The number of imidazole rings is 1. The lowest BCUT2D eigenvalue weighted by atomic mass is 9.91. The van der Waals surface area contributed by atoms with Gasteiger partial charge in [-0.2, -0.15) is 13.2 Å². The van der Waals surface area contributed by atoms with E-state index >= 15 is 0 Å². The Labute approximate surface area is 176 Å². The number of rotatable bonds is 3. The third-order valence-electron chi connectivity index (χ3n) is 5.50. The molecule has 1 aliphatic heterocycles. The molecule has 170 valence electrons. The van der Waals surface area contributed by atoms with Gasteiger partial charge in [0.15, 0.2) is 11.6 Å². The Morgan fingerprint density at radius 2 is 1.90 bits per heavy atom. The van der Waals surface area contributed by atoms with Crippen molar-refractivity contribution in [2.45, 2.75) is 70.3 Å². The van der Waals surface area contributed by atoms with Gasteiger partial charge in [-0.1, -0.05) is 12.1 Å².